The summed E-state index contributed by atoms with van der Waals surface area (Å²) in [6.45, 7) is 0.474. The lowest BCUT2D eigenvalue weighted by Crippen LogP contribution is -2.24. The minimum absolute atomic E-state index is 0.240. The highest BCUT2D eigenvalue weighted by Gasteiger charge is 2.31. The highest BCUT2D eigenvalue weighted by Crippen LogP contribution is 2.42. The summed E-state index contributed by atoms with van der Waals surface area (Å²) < 4.78 is 23.3. The number of aromatic nitrogens is 2. The number of sulfone groups is 1. The molecule has 94 valence electrons. The summed E-state index contributed by atoms with van der Waals surface area (Å²) in [6.07, 6.45) is 3.99. The molecule has 1 aliphatic heterocycles. The predicted octanol–water partition coefficient (Wildman–Crippen LogP) is 1.40. The predicted molar refractivity (Wildman–Crippen MR) is 67.2 cm³/mol. The Balaban J connectivity index is 1.59. The van der Waals surface area contributed by atoms with E-state index in [1.54, 1.807) is 11.3 Å². The van der Waals surface area contributed by atoms with Crippen LogP contribution in [0.2, 0.25) is 0 Å². The maximum Gasteiger partial charge on any atom is 0.205 e. The van der Waals surface area contributed by atoms with E-state index in [0.29, 0.717) is 18.2 Å². The van der Waals surface area contributed by atoms with Crippen LogP contribution >= 0.6 is 11.3 Å². The monoisotopic (exact) mass is 273 g/mol. The molecule has 7 heteroatoms. The fourth-order valence-corrected chi connectivity index (χ4v) is 4.77. The smallest absolute Gasteiger partial charge is 0.205 e. The van der Waals surface area contributed by atoms with Crippen LogP contribution < -0.4 is 5.32 Å². The molecule has 0 aromatic carbocycles. The van der Waals surface area contributed by atoms with Gasteiger partial charge in [-0.2, -0.15) is 0 Å². The zero-order chi connectivity index (χ0) is 11.9. The van der Waals surface area contributed by atoms with Crippen molar-refractivity contribution in [3.05, 3.63) is 5.01 Å². The van der Waals surface area contributed by atoms with Crippen molar-refractivity contribution in [2.24, 2.45) is 0 Å². The van der Waals surface area contributed by atoms with E-state index in [2.05, 4.69) is 15.5 Å². The minimum atomic E-state index is -2.86. The lowest BCUT2D eigenvalue weighted by Gasteiger charge is -2.08. The van der Waals surface area contributed by atoms with Crippen LogP contribution in [0.1, 0.15) is 36.6 Å². The van der Waals surface area contributed by atoms with E-state index in [4.69, 9.17) is 0 Å². The average Bonchev–Trinajstić information content (AvgIpc) is 2.93. The van der Waals surface area contributed by atoms with E-state index < -0.39 is 9.84 Å². The molecule has 2 heterocycles. The molecule has 5 nitrogen and oxygen atoms in total. The molecule has 2 aliphatic rings. The Morgan fingerprint density at radius 2 is 2.12 bits per heavy atom. The van der Waals surface area contributed by atoms with E-state index in [0.717, 1.165) is 23.0 Å². The Hall–Kier alpha value is -0.690. The molecule has 0 radical (unpaired) electrons. The molecule has 0 bridgehead atoms. The number of anilines is 1. The van der Waals surface area contributed by atoms with Gasteiger partial charge < -0.3 is 5.32 Å². The molecule has 2 fully saturated rings. The first-order valence-electron chi connectivity index (χ1n) is 5.94. The number of nitrogens with zero attached hydrogens (tertiary/aromatic N) is 2. The van der Waals surface area contributed by atoms with Crippen LogP contribution in [0.15, 0.2) is 0 Å². The summed E-state index contributed by atoms with van der Waals surface area (Å²) in [4.78, 5) is 0. The molecular formula is C10H15N3O2S2. The first kappa shape index (κ1) is 11.4. The average molecular weight is 273 g/mol. The van der Waals surface area contributed by atoms with Crippen molar-refractivity contribution in [3.63, 3.8) is 0 Å². The Morgan fingerprint density at radius 3 is 2.76 bits per heavy atom. The van der Waals surface area contributed by atoms with E-state index >= 15 is 0 Å². The summed E-state index contributed by atoms with van der Waals surface area (Å²) in [7, 11) is -2.86. The van der Waals surface area contributed by atoms with Gasteiger partial charge in [0.1, 0.15) is 5.01 Å². The Bertz CT molecular complexity index is 507. The molecule has 1 saturated heterocycles. The van der Waals surface area contributed by atoms with Gasteiger partial charge in [-0.1, -0.05) is 11.3 Å². The number of hydrogen-bond acceptors (Lipinski definition) is 6. The molecule has 1 unspecified atom stereocenters. The highest BCUT2D eigenvalue weighted by molar-refractivity contribution is 7.92. The lowest BCUT2D eigenvalue weighted by molar-refractivity contribution is 0.591. The first-order chi connectivity index (χ1) is 8.15. The van der Waals surface area contributed by atoms with Gasteiger partial charge in [0, 0.05) is 12.5 Å². The third kappa shape index (κ3) is 2.44. The van der Waals surface area contributed by atoms with Gasteiger partial charge in [-0.3, -0.25) is 0 Å². The van der Waals surface area contributed by atoms with Crippen molar-refractivity contribution in [1.82, 2.24) is 10.2 Å². The molecule has 1 aromatic rings. The number of rotatable bonds is 4. The van der Waals surface area contributed by atoms with Gasteiger partial charge >= 0.3 is 0 Å². The summed E-state index contributed by atoms with van der Waals surface area (Å²) in [5.41, 5.74) is 0. The third-order valence-corrected chi connectivity index (χ3v) is 6.63. The van der Waals surface area contributed by atoms with Crippen LogP contribution in [0.25, 0.3) is 0 Å². The van der Waals surface area contributed by atoms with Crippen LogP contribution in [-0.4, -0.2) is 36.2 Å². The normalized spacial score (nSPS) is 27.2. The van der Waals surface area contributed by atoms with Crippen molar-refractivity contribution in [2.75, 3.05) is 17.6 Å². The second-order valence-electron chi connectivity index (χ2n) is 4.73. The maximum absolute atomic E-state index is 11.6. The first-order valence-corrected chi connectivity index (χ1v) is 8.47. The van der Waals surface area contributed by atoms with Crippen molar-refractivity contribution >= 4 is 26.3 Å². The fourth-order valence-electron chi connectivity index (χ4n) is 2.09. The molecule has 1 N–H and O–H groups in total. The number of nitrogens with one attached hydrogen (secondary N) is 1. The zero-order valence-corrected chi connectivity index (χ0v) is 11.1. The summed E-state index contributed by atoms with van der Waals surface area (Å²) in [6, 6.07) is 0. The van der Waals surface area contributed by atoms with E-state index in [1.165, 1.54) is 12.8 Å². The van der Waals surface area contributed by atoms with E-state index in [1.807, 2.05) is 0 Å². The summed E-state index contributed by atoms with van der Waals surface area (Å²) in [5.74, 6) is 0.946. The van der Waals surface area contributed by atoms with Crippen LogP contribution in [0.4, 0.5) is 5.13 Å². The van der Waals surface area contributed by atoms with Gasteiger partial charge in [-0.15, -0.1) is 10.2 Å². The molecule has 1 aliphatic carbocycles. The number of hydrogen-bond donors (Lipinski definition) is 1. The van der Waals surface area contributed by atoms with Crippen LogP contribution in [0, 0.1) is 0 Å². The molecule has 0 amide bonds. The standard InChI is InChI=1S/C10H15N3O2S2/c14-17(15)5-1-2-8(17)6-11-10-13-12-9(16-10)7-3-4-7/h7-8H,1-6H2,(H,11,13). The van der Waals surface area contributed by atoms with Gasteiger partial charge in [0.15, 0.2) is 9.84 Å². The Morgan fingerprint density at radius 1 is 1.29 bits per heavy atom. The Kier molecular flexibility index (Phi) is 2.82. The van der Waals surface area contributed by atoms with Gasteiger partial charge in [-0.05, 0) is 25.7 Å². The fraction of sp³-hybridized carbons (Fsp3) is 0.800. The Labute approximate surface area is 105 Å². The van der Waals surface area contributed by atoms with Crippen LogP contribution in [0.3, 0.4) is 0 Å². The molecule has 1 aromatic heterocycles. The second kappa shape index (κ2) is 4.20. The maximum atomic E-state index is 11.6. The highest BCUT2D eigenvalue weighted by atomic mass is 32.2. The van der Waals surface area contributed by atoms with Crippen LogP contribution in [-0.2, 0) is 9.84 Å². The lowest BCUT2D eigenvalue weighted by atomic mass is 10.2. The quantitative estimate of drug-likeness (QED) is 0.898. The SMILES string of the molecule is O=S1(=O)CCCC1CNc1nnc(C2CC2)s1. The largest absolute Gasteiger partial charge is 0.359 e. The van der Waals surface area contributed by atoms with Gasteiger partial charge in [0.2, 0.25) is 5.13 Å². The van der Waals surface area contributed by atoms with Gasteiger partial charge in [0.25, 0.3) is 0 Å². The molecule has 3 rings (SSSR count). The molecule has 17 heavy (non-hydrogen) atoms. The van der Waals surface area contributed by atoms with Crippen molar-refractivity contribution in [2.45, 2.75) is 36.9 Å². The van der Waals surface area contributed by atoms with E-state index in [9.17, 15) is 8.42 Å². The zero-order valence-electron chi connectivity index (χ0n) is 9.42. The van der Waals surface area contributed by atoms with Crippen molar-refractivity contribution < 1.29 is 8.42 Å². The molecule has 1 saturated carbocycles. The van der Waals surface area contributed by atoms with Crippen LogP contribution in [0.5, 0.6) is 0 Å². The summed E-state index contributed by atoms with van der Waals surface area (Å²) >= 11 is 1.56. The van der Waals surface area contributed by atoms with Crippen molar-refractivity contribution in [1.29, 1.82) is 0 Å². The topological polar surface area (TPSA) is 72.0 Å². The molecule has 1 atom stereocenters. The van der Waals surface area contributed by atoms with Crippen molar-refractivity contribution in [3.8, 4) is 0 Å². The van der Waals surface area contributed by atoms with Gasteiger partial charge in [0.05, 0.1) is 11.0 Å². The molecule has 0 spiro atoms. The van der Waals surface area contributed by atoms with E-state index in [-0.39, 0.29) is 5.25 Å². The molecular weight excluding hydrogens is 258 g/mol. The summed E-state index contributed by atoms with van der Waals surface area (Å²) in [5, 5.41) is 12.9. The second-order valence-corrected chi connectivity index (χ2v) is 8.14. The van der Waals surface area contributed by atoms with Gasteiger partial charge in [-0.25, -0.2) is 8.42 Å². The third-order valence-electron chi connectivity index (χ3n) is 3.31. The minimum Gasteiger partial charge on any atom is -0.359 e.